The standard InChI is InChI=1S/C19H21ClN4O4S2/c1-18(10-30(26,27)19(7-4-8-19)17(21)24-18)15-11(20)9-12(29-15)16(25)23-13-5-3-6-14(22-13)28-2/h3,5-6,9H,4,7-8,10H2,1-2H3,(H2,21,24)(H,22,23,25)/t18-/m0/s1. The zero-order valence-corrected chi connectivity index (χ0v) is 18.8. The van der Waals surface area contributed by atoms with Crippen molar-refractivity contribution in [3.05, 3.63) is 39.0 Å². The Balaban J connectivity index is 1.60. The quantitative estimate of drug-likeness (QED) is 0.633. The van der Waals surface area contributed by atoms with E-state index in [0.717, 1.165) is 17.8 Å². The highest BCUT2D eigenvalue weighted by molar-refractivity contribution is 7.93. The molecule has 4 rings (SSSR count). The molecular weight excluding hydrogens is 448 g/mol. The van der Waals surface area contributed by atoms with Gasteiger partial charge in [0.05, 0.1) is 33.2 Å². The Hall–Kier alpha value is -2.17. The Morgan fingerprint density at radius 2 is 2.13 bits per heavy atom. The molecule has 2 aliphatic rings. The molecule has 30 heavy (non-hydrogen) atoms. The summed E-state index contributed by atoms with van der Waals surface area (Å²) in [6.07, 6.45) is 1.73. The molecule has 1 amide bonds. The third-order valence-electron chi connectivity index (χ3n) is 5.68. The zero-order valence-electron chi connectivity index (χ0n) is 16.4. The van der Waals surface area contributed by atoms with Crippen molar-refractivity contribution >= 4 is 50.3 Å². The maximum absolute atomic E-state index is 13.0. The van der Waals surface area contributed by atoms with Crippen LogP contribution in [0.3, 0.4) is 0 Å². The van der Waals surface area contributed by atoms with Crippen molar-refractivity contribution in [1.29, 1.82) is 5.41 Å². The molecule has 3 N–H and O–H groups in total. The predicted octanol–water partition coefficient (Wildman–Crippen LogP) is 3.19. The first-order chi connectivity index (χ1) is 14.1. The number of rotatable bonds is 4. The van der Waals surface area contributed by atoms with Crippen LogP contribution in [-0.4, -0.2) is 42.8 Å². The lowest BCUT2D eigenvalue weighted by molar-refractivity contribution is 0.103. The van der Waals surface area contributed by atoms with Gasteiger partial charge in [0.25, 0.3) is 5.91 Å². The highest BCUT2D eigenvalue weighted by atomic mass is 35.5. The van der Waals surface area contributed by atoms with Crippen LogP contribution in [-0.2, 0) is 15.4 Å². The third kappa shape index (κ3) is 3.27. The lowest BCUT2D eigenvalue weighted by Gasteiger charge is -2.50. The molecule has 8 nitrogen and oxygen atoms in total. The number of amidine groups is 1. The molecule has 1 aliphatic heterocycles. The second-order valence-electron chi connectivity index (χ2n) is 7.75. The molecule has 1 saturated heterocycles. The van der Waals surface area contributed by atoms with E-state index in [0.29, 0.717) is 34.3 Å². The number of pyridine rings is 1. The summed E-state index contributed by atoms with van der Waals surface area (Å²) < 4.78 is 30.0. The number of amides is 1. The minimum Gasteiger partial charge on any atom is -0.481 e. The fraction of sp³-hybridized carbons (Fsp3) is 0.421. The van der Waals surface area contributed by atoms with Gasteiger partial charge < -0.3 is 15.4 Å². The van der Waals surface area contributed by atoms with Crippen molar-refractivity contribution in [1.82, 2.24) is 10.3 Å². The largest absolute Gasteiger partial charge is 0.481 e. The number of ether oxygens (including phenoxy) is 1. The van der Waals surface area contributed by atoms with Crippen molar-refractivity contribution in [2.45, 2.75) is 36.5 Å². The van der Waals surface area contributed by atoms with Gasteiger partial charge in [-0.05, 0) is 38.3 Å². The number of sulfone groups is 1. The van der Waals surface area contributed by atoms with Gasteiger partial charge in [0.1, 0.15) is 16.4 Å². The molecule has 160 valence electrons. The Bertz CT molecular complexity index is 1140. The van der Waals surface area contributed by atoms with Crippen molar-refractivity contribution in [2.24, 2.45) is 0 Å². The third-order valence-corrected chi connectivity index (χ3v) is 10.2. The summed E-state index contributed by atoms with van der Waals surface area (Å²) in [7, 11) is -2.06. The smallest absolute Gasteiger partial charge is 0.266 e. The van der Waals surface area contributed by atoms with E-state index in [9.17, 15) is 13.2 Å². The van der Waals surface area contributed by atoms with Gasteiger partial charge in [-0.1, -0.05) is 17.7 Å². The van der Waals surface area contributed by atoms with E-state index in [1.807, 2.05) is 0 Å². The lowest BCUT2D eigenvalue weighted by Crippen LogP contribution is -2.68. The number of anilines is 1. The summed E-state index contributed by atoms with van der Waals surface area (Å²) >= 11 is 7.52. The Kier molecular flexibility index (Phi) is 5.06. The fourth-order valence-corrected chi connectivity index (χ4v) is 8.07. The van der Waals surface area contributed by atoms with Crippen molar-refractivity contribution in [3.8, 4) is 5.88 Å². The van der Waals surface area contributed by atoms with Crippen LogP contribution in [0.5, 0.6) is 5.88 Å². The summed E-state index contributed by atoms with van der Waals surface area (Å²) in [6.45, 7) is 1.70. The number of carbonyl (C=O) groups is 1. The van der Waals surface area contributed by atoms with E-state index in [2.05, 4.69) is 15.6 Å². The Morgan fingerprint density at radius 1 is 1.40 bits per heavy atom. The molecular formula is C19H21ClN4O4S2. The first-order valence-electron chi connectivity index (χ1n) is 9.32. The second kappa shape index (κ2) is 7.21. The highest BCUT2D eigenvalue weighted by Crippen LogP contribution is 2.48. The Morgan fingerprint density at radius 3 is 2.73 bits per heavy atom. The van der Waals surface area contributed by atoms with Crippen molar-refractivity contribution < 1.29 is 17.9 Å². The molecule has 3 heterocycles. The number of nitrogens with one attached hydrogen (secondary N) is 3. The van der Waals surface area contributed by atoms with Gasteiger partial charge in [-0.25, -0.2) is 8.42 Å². The van der Waals surface area contributed by atoms with Crippen molar-refractivity contribution in [2.75, 3.05) is 18.2 Å². The maximum Gasteiger partial charge on any atom is 0.266 e. The number of thiophene rings is 1. The first kappa shape index (κ1) is 21.1. The Labute approximate surface area is 183 Å². The van der Waals surface area contributed by atoms with E-state index in [-0.39, 0.29) is 16.6 Å². The van der Waals surface area contributed by atoms with E-state index >= 15 is 0 Å². The number of hydrogen-bond acceptors (Lipinski definition) is 7. The molecule has 2 fully saturated rings. The minimum absolute atomic E-state index is 0.0125. The van der Waals surface area contributed by atoms with Crippen LogP contribution in [0.2, 0.25) is 5.02 Å². The van der Waals surface area contributed by atoms with Crippen molar-refractivity contribution in [3.63, 3.8) is 0 Å². The molecule has 0 unspecified atom stereocenters. The topological polar surface area (TPSA) is 121 Å². The molecule has 1 spiro atoms. The molecule has 1 aliphatic carbocycles. The van der Waals surface area contributed by atoms with Gasteiger partial charge in [0, 0.05) is 6.07 Å². The maximum atomic E-state index is 13.0. The molecule has 2 aromatic rings. The van der Waals surface area contributed by atoms with Crippen LogP contribution in [0.25, 0.3) is 0 Å². The number of hydrogen-bond donors (Lipinski definition) is 3. The van der Waals surface area contributed by atoms with E-state index in [1.54, 1.807) is 25.1 Å². The zero-order chi connectivity index (χ0) is 21.7. The normalized spacial score (nSPS) is 24.0. The molecule has 0 aromatic carbocycles. The summed E-state index contributed by atoms with van der Waals surface area (Å²) in [5.41, 5.74) is -1.08. The van der Waals surface area contributed by atoms with E-state index < -0.39 is 26.0 Å². The van der Waals surface area contributed by atoms with Crippen LogP contribution in [0.4, 0.5) is 5.82 Å². The minimum atomic E-state index is -3.54. The lowest BCUT2D eigenvalue weighted by atomic mass is 9.82. The molecule has 0 bridgehead atoms. The molecule has 0 radical (unpaired) electrons. The van der Waals surface area contributed by atoms with Gasteiger partial charge in [-0.2, -0.15) is 4.98 Å². The number of carbonyl (C=O) groups excluding carboxylic acids is 1. The van der Waals surface area contributed by atoms with Gasteiger partial charge >= 0.3 is 0 Å². The van der Waals surface area contributed by atoms with Gasteiger partial charge in [-0.15, -0.1) is 11.3 Å². The molecule has 1 saturated carbocycles. The monoisotopic (exact) mass is 468 g/mol. The van der Waals surface area contributed by atoms with Crippen LogP contribution in [0.15, 0.2) is 24.3 Å². The van der Waals surface area contributed by atoms with Gasteiger partial charge in [0.15, 0.2) is 9.84 Å². The second-order valence-corrected chi connectivity index (χ2v) is 11.5. The average Bonchev–Trinajstić information content (AvgIpc) is 3.02. The summed E-state index contributed by atoms with van der Waals surface area (Å²) in [5, 5.41) is 14.4. The van der Waals surface area contributed by atoms with Crippen LogP contribution in [0.1, 0.15) is 40.7 Å². The summed E-state index contributed by atoms with van der Waals surface area (Å²) in [4.78, 5) is 17.7. The van der Waals surface area contributed by atoms with Gasteiger partial charge in [0.2, 0.25) is 5.88 Å². The van der Waals surface area contributed by atoms with E-state index in [4.69, 9.17) is 21.7 Å². The summed E-state index contributed by atoms with van der Waals surface area (Å²) in [5.74, 6) is 0.107. The number of nitrogens with zero attached hydrogens (tertiary/aromatic N) is 1. The number of methoxy groups -OCH3 is 1. The predicted molar refractivity (Wildman–Crippen MR) is 117 cm³/mol. The SMILES string of the molecule is COc1cccc(NC(=O)c2cc(Cl)c([C@]3(C)CS(=O)(=O)C4(CCC4)C(=N)N3)s2)n1. The van der Waals surface area contributed by atoms with E-state index in [1.165, 1.54) is 13.2 Å². The molecule has 2 aromatic heterocycles. The number of halogens is 1. The fourth-order valence-electron chi connectivity index (χ4n) is 3.91. The van der Waals surface area contributed by atoms with Gasteiger partial charge in [-0.3, -0.25) is 10.2 Å². The highest BCUT2D eigenvalue weighted by Gasteiger charge is 2.59. The first-order valence-corrected chi connectivity index (χ1v) is 12.2. The van der Waals surface area contributed by atoms with Crippen LogP contribution in [0, 0.1) is 5.41 Å². The summed E-state index contributed by atoms with van der Waals surface area (Å²) in [6, 6.07) is 6.50. The molecule has 1 atom stereocenters. The van der Waals surface area contributed by atoms with Crippen LogP contribution < -0.4 is 15.4 Å². The number of aromatic nitrogens is 1. The average molecular weight is 469 g/mol. The molecule has 11 heteroatoms. The van der Waals surface area contributed by atoms with Crippen LogP contribution >= 0.6 is 22.9 Å².